The van der Waals surface area contributed by atoms with E-state index < -0.39 is 22.8 Å². The summed E-state index contributed by atoms with van der Waals surface area (Å²) in [5.41, 5.74) is 0.459. The maximum atomic E-state index is 13.7. The molecule has 2 N–H and O–H groups in total. The van der Waals surface area contributed by atoms with Crippen LogP contribution >= 0.6 is 0 Å². The molecule has 0 amide bonds. The first-order chi connectivity index (χ1) is 8.69. The molecule has 0 heterocycles. The van der Waals surface area contributed by atoms with Crippen molar-refractivity contribution in [3.05, 3.63) is 29.6 Å². The van der Waals surface area contributed by atoms with Gasteiger partial charge in [-0.2, -0.15) is 0 Å². The van der Waals surface area contributed by atoms with E-state index in [1.54, 1.807) is 11.9 Å². The molecule has 0 saturated heterocycles. The molecule has 19 heavy (non-hydrogen) atoms. The molecule has 0 aromatic heterocycles. The fourth-order valence-electron chi connectivity index (χ4n) is 1.54. The summed E-state index contributed by atoms with van der Waals surface area (Å²) in [4.78, 5) is 1.69. The number of hydrogen-bond donors (Lipinski definition) is 2. The smallest absolute Gasteiger partial charge is 0.423 e. The Kier molecular flexibility index (Phi) is 5.48. The zero-order valence-electron chi connectivity index (χ0n) is 10.9. The van der Waals surface area contributed by atoms with E-state index in [0.29, 0.717) is 12.1 Å². The predicted octanol–water partition coefficient (Wildman–Crippen LogP) is -1.02. The van der Waals surface area contributed by atoms with Gasteiger partial charge in [0.2, 0.25) is 0 Å². The van der Waals surface area contributed by atoms with Gasteiger partial charge in [0.05, 0.1) is 5.75 Å². The van der Waals surface area contributed by atoms with Gasteiger partial charge >= 0.3 is 7.12 Å². The lowest BCUT2D eigenvalue weighted by Gasteiger charge is -2.16. The first kappa shape index (κ1) is 16.1. The van der Waals surface area contributed by atoms with Gasteiger partial charge in [-0.05, 0) is 18.6 Å². The van der Waals surface area contributed by atoms with Crippen molar-refractivity contribution in [2.75, 3.05) is 25.6 Å². The molecule has 0 radical (unpaired) electrons. The molecule has 5 nitrogen and oxygen atoms in total. The lowest BCUT2D eigenvalue weighted by Crippen LogP contribution is -2.31. The van der Waals surface area contributed by atoms with Crippen LogP contribution in [0.1, 0.15) is 5.56 Å². The quantitative estimate of drug-likeness (QED) is 0.656. The highest BCUT2D eigenvalue weighted by molar-refractivity contribution is 7.90. The van der Waals surface area contributed by atoms with Gasteiger partial charge in [0, 0.05) is 24.9 Å². The van der Waals surface area contributed by atoms with Crippen molar-refractivity contribution in [3.8, 4) is 0 Å². The Morgan fingerprint density at radius 3 is 2.47 bits per heavy atom. The average Bonchev–Trinajstić information content (AvgIpc) is 2.28. The molecule has 0 spiro atoms. The highest BCUT2D eigenvalue weighted by Crippen LogP contribution is 2.08. The Bertz CT molecular complexity index is 535. The third-order valence-electron chi connectivity index (χ3n) is 2.66. The van der Waals surface area contributed by atoms with Gasteiger partial charge in [0.1, 0.15) is 15.7 Å². The summed E-state index contributed by atoms with van der Waals surface area (Å²) < 4.78 is 35.7. The Labute approximate surface area is 112 Å². The Morgan fingerprint density at radius 1 is 1.37 bits per heavy atom. The first-order valence-electron chi connectivity index (χ1n) is 5.70. The van der Waals surface area contributed by atoms with Crippen LogP contribution in [0.5, 0.6) is 0 Å². The van der Waals surface area contributed by atoms with E-state index in [-0.39, 0.29) is 17.8 Å². The van der Waals surface area contributed by atoms with Gasteiger partial charge in [-0.3, -0.25) is 0 Å². The molecule has 0 bridgehead atoms. The van der Waals surface area contributed by atoms with E-state index in [9.17, 15) is 12.8 Å². The minimum absolute atomic E-state index is 0.0125. The summed E-state index contributed by atoms with van der Waals surface area (Å²) in [5.74, 6) is -0.532. The van der Waals surface area contributed by atoms with Crippen molar-refractivity contribution < 1.29 is 22.9 Å². The summed E-state index contributed by atoms with van der Waals surface area (Å²) in [6, 6.07) is 3.94. The van der Waals surface area contributed by atoms with Crippen molar-refractivity contribution in [1.29, 1.82) is 0 Å². The molecular formula is C11H17BFNO4S. The minimum Gasteiger partial charge on any atom is -0.423 e. The van der Waals surface area contributed by atoms with Crippen molar-refractivity contribution in [3.63, 3.8) is 0 Å². The standard InChI is InChI=1S/C11H17BFNO4S/c1-14(5-6-19(2,17)18)8-9-3-4-10(12(15)16)7-11(9)13/h3-4,7,15-16H,5-6,8H2,1-2H3. The summed E-state index contributed by atoms with van der Waals surface area (Å²) in [6.45, 7) is 0.561. The molecule has 0 aliphatic rings. The van der Waals surface area contributed by atoms with Crippen LogP contribution in [0.4, 0.5) is 4.39 Å². The molecule has 106 valence electrons. The fourth-order valence-corrected chi connectivity index (χ4v) is 2.19. The molecule has 0 atom stereocenters. The number of hydrogen-bond acceptors (Lipinski definition) is 5. The van der Waals surface area contributed by atoms with Gasteiger partial charge in [0.25, 0.3) is 0 Å². The summed E-state index contributed by atoms with van der Waals surface area (Å²) in [5, 5.41) is 17.8. The Hall–Kier alpha value is -0.955. The molecule has 0 aliphatic carbocycles. The molecule has 1 rings (SSSR count). The second-order valence-corrected chi connectivity index (χ2v) is 6.85. The van der Waals surface area contributed by atoms with E-state index in [4.69, 9.17) is 10.0 Å². The zero-order chi connectivity index (χ0) is 14.6. The molecule has 1 aromatic rings. The number of nitrogens with zero attached hydrogens (tertiary/aromatic N) is 1. The van der Waals surface area contributed by atoms with Crippen LogP contribution in [-0.4, -0.2) is 56.1 Å². The summed E-state index contributed by atoms with van der Waals surface area (Å²) >= 11 is 0. The van der Waals surface area contributed by atoms with Crippen LogP contribution in [0, 0.1) is 5.82 Å². The first-order valence-corrected chi connectivity index (χ1v) is 7.76. The number of rotatable bonds is 6. The van der Waals surface area contributed by atoms with Crippen LogP contribution in [-0.2, 0) is 16.4 Å². The zero-order valence-corrected chi connectivity index (χ0v) is 11.7. The van der Waals surface area contributed by atoms with Gasteiger partial charge in [-0.1, -0.05) is 12.1 Å². The lowest BCUT2D eigenvalue weighted by atomic mass is 9.80. The lowest BCUT2D eigenvalue weighted by molar-refractivity contribution is 0.340. The number of halogens is 1. The molecule has 0 saturated carbocycles. The van der Waals surface area contributed by atoms with Crippen molar-refractivity contribution in [1.82, 2.24) is 4.90 Å². The minimum atomic E-state index is -3.04. The SMILES string of the molecule is CN(CCS(C)(=O)=O)Cc1ccc(B(O)O)cc1F. The molecule has 0 aliphatic heterocycles. The molecular weight excluding hydrogens is 272 g/mol. The van der Waals surface area contributed by atoms with E-state index >= 15 is 0 Å². The summed E-state index contributed by atoms with van der Waals surface area (Å²) in [6.07, 6.45) is 1.15. The monoisotopic (exact) mass is 289 g/mol. The molecule has 8 heteroatoms. The van der Waals surface area contributed by atoms with Gasteiger partial charge < -0.3 is 14.9 Å². The highest BCUT2D eigenvalue weighted by atomic mass is 32.2. The molecule has 0 unspecified atom stereocenters. The predicted molar refractivity (Wildman–Crippen MR) is 72.3 cm³/mol. The third-order valence-corrected chi connectivity index (χ3v) is 3.58. The largest absolute Gasteiger partial charge is 0.488 e. The normalized spacial score (nSPS) is 11.9. The second kappa shape index (κ2) is 6.47. The fraction of sp³-hybridized carbons (Fsp3) is 0.455. The van der Waals surface area contributed by atoms with Crippen LogP contribution < -0.4 is 5.46 Å². The number of benzene rings is 1. The van der Waals surface area contributed by atoms with E-state index in [1.807, 2.05) is 0 Å². The summed E-state index contributed by atoms with van der Waals surface area (Å²) in [7, 11) is -3.05. The van der Waals surface area contributed by atoms with Crippen molar-refractivity contribution in [2.45, 2.75) is 6.54 Å². The van der Waals surface area contributed by atoms with Gasteiger partial charge in [-0.25, -0.2) is 12.8 Å². The van der Waals surface area contributed by atoms with Crippen LogP contribution in [0.2, 0.25) is 0 Å². The van der Waals surface area contributed by atoms with E-state index in [1.165, 1.54) is 12.1 Å². The highest BCUT2D eigenvalue weighted by Gasteiger charge is 2.14. The third kappa shape index (κ3) is 5.69. The average molecular weight is 289 g/mol. The second-order valence-electron chi connectivity index (χ2n) is 4.59. The number of sulfone groups is 1. The van der Waals surface area contributed by atoms with Crippen molar-refractivity contribution >= 4 is 22.4 Å². The Balaban J connectivity index is 2.67. The van der Waals surface area contributed by atoms with Crippen molar-refractivity contribution in [2.24, 2.45) is 0 Å². The van der Waals surface area contributed by atoms with Crippen LogP contribution in [0.25, 0.3) is 0 Å². The Morgan fingerprint density at radius 2 is 2.00 bits per heavy atom. The van der Waals surface area contributed by atoms with Crippen LogP contribution in [0.3, 0.4) is 0 Å². The van der Waals surface area contributed by atoms with Crippen LogP contribution in [0.15, 0.2) is 18.2 Å². The maximum absolute atomic E-state index is 13.7. The van der Waals surface area contributed by atoms with E-state index in [2.05, 4.69) is 0 Å². The molecule has 1 aromatic carbocycles. The van der Waals surface area contributed by atoms with Gasteiger partial charge in [-0.15, -0.1) is 0 Å². The van der Waals surface area contributed by atoms with E-state index in [0.717, 1.165) is 12.3 Å². The molecule has 0 fully saturated rings. The van der Waals surface area contributed by atoms with Gasteiger partial charge in [0.15, 0.2) is 0 Å². The maximum Gasteiger partial charge on any atom is 0.488 e. The topological polar surface area (TPSA) is 77.8 Å².